The summed E-state index contributed by atoms with van der Waals surface area (Å²) in [6.45, 7) is 1.84. The van der Waals surface area contributed by atoms with Gasteiger partial charge in [0.2, 0.25) is 0 Å². The van der Waals surface area contributed by atoms with Gasteiger partial charge in [0.05, 0.1) is 24.2 Å². The third-order valence-corrected chi connectivity index (χ3v) is 4.20. The lowest BCUT2D eigenvalue weighted by Gasteiger charge is -2.22. The molecule has 0 aliphatic carbocycles. The van der Waals surface area contributed by atoms with Gasteiger partial charge in [-0.3, -0.25) is 9.69 Å². The Labute approximate surface area is 128 Å². The highest BCUT2D eigenvalue weighted by molar-refractivity contribution is 5.75. The van der Waals surface area contributed by atoms with Gasteiger partial charge >= 0.3 is 5.97 Å². The first-order valence-corrected chi connectivity index (χ1v) is 7.63. The number of esters is 1. The molecule has 0 unspecified atom stereocenters. The number of methoxy groups -OCH3 is 1. The molecule has 22 heavy (non-hydrogen) atoms. The van der Waals surface area contributed by atoms with Crippen molar-refractivity contribution >= 4 is 17.0 Å². The number of carbonyl (C=O) groups is 1. The molecule has 0 radical (unpaired) electrons. The normalized spacial score (nSPS) is 18.9. The van der Waals surface area contributed by atoms with Crippen molar-refractivity contribution in [3.8, 4) is 0 Å². The fourth-order valence-electron chi connectivity index (χ4n) is 3.09. The Morgan fingerprint density at radius 3 is 3.23 bits per heavy atom. The number of nitrogens with zero attached hydrogens (tertiary/aromatic N) is 2. The van der Waals surface area contributed by atoms with Crippen LogP contribution in [0.5, 0.6) is 0 Å². The molecule has 2 heterocycles. The number of hydrogen-bond donors (Lipinski definition) is 1. The van der Waals surface area contributed by atoms with E-state index in [-0.39, 0.29) is 17.8 Å². The molecule has 118 valence electrons. The predicted octanol–water partition coefficient (Wildman–Crippen LogP) is 2.79. The fraction of sp³-hybridized carbons (Fsp3) is 0.500. The first-order chi connectivity index (χ1) is 10.7. The van der Waals surface area contributed by atoms with E-state index in [0.717, 1.165) is 49.2 Å². The number of H-pyrrole nitrogens is 1. The van der Waals surface area contributed by atoms with E-state index in [9.17, 15) is 9.18 Å². The summed E-state index contributed by atoms with van der Waals surface area (Å²) in [7, 11) is 1.41. The van der Waals surface area contributed by atoms with Gasteiger partial charge in [0.15, 0.2) is 0 Å². The highest BCUT2D eigenvalue weighted by Crippen LogP contribution is 2.31. The minimum absolute atomic E-state index is 0.171. The summed E-state index contributed by atoms with van der Waals surface area (Å²) in [5.41, 5.74) is 1.52. The molecule has 6 heteroatoms. The Kier molecular flexibility index (Phi) is 4.38. The van der Waals surface area contributed by atoms with Gasteiger partial charge in [-0.1, -0.05) is 0 Å². The first kappa shape index (κ1) is 15.0. The molecule has 1 N–H and O–H groups in total. The molecule has 0 amide bonds. The van der Waals surface area contributed by atoms with E-state index in [0.29, 0.717) is 6.42 Å². The zero-order valence-corrected chi connectivity index (χ0v) is 12.6. The highest BCUT2D eigenvalue weighted by atomic mass is 19.1. The third kappa shape index (κ3) is 3.11. The summed E-state index contributed by atoms with van der Waals surface area (Å²) in [6, 6.07) is 4.81. The standard InChI is InChI=1S/C16H20FN3O2/c1-22-15(21)5-3-9-20-8-2-4-14(20)16-18-12-7-6-11(17)10-13(12)19-16/h6-7,10,14H,2-5,8-9H2,1H3,(H,18,19)/t14-/m1/s1. The van der Waals surface area contributed by atoms with Gasteiger partial charge < -0.3 is 9.72 Å². The molecule has 1 aromatic carbocycles. The number of likely N-dealkylation sites (tertiary alicyclic amines) is 1. The molecule has 1 aliphatic rings. The number of fused-ring (bicyclic) bond motifs is 1. The first-order valence-electron chi connectivity index (χ1n) is 7.63. The monoisotopic (exact) mass is 305 g/mol. The lowest BCUT2D eigenvalue weighted by Crippen LogP contribution is -2.25. The van der Waals surface area contributed by atoms with Gasteiger partial charge in [-0.25, -0.2) is 9.37 Å². The molecule has 2 aromatic rings. The molecule has 1 fully saturated rings. The Balaban J connectivity index is 1.69. The van der Waals surface area contributed by atoms with E-state index in [1.165, 1.54) is 19.2 Å². The number of aromatic nitrogens is 2. The van der Waals surface area contributed by atoms with Crippen molar-refractivity contribution in [2.45, 2.75) is 31.7 Å². The van der Waals surface area contributed by atoms with E-state index >= 15 is 0 Å². The van der Waals surface area contributed by atoms with E-state index in [1.54, 1.807) is 6.07 Å². The van der Waals surface area contributed by atoms with Crippen LogP contribution in [0, 0.1) is 5.82 Å². The second-order valence-electron chi connectivity index (χ2n) is 5.66. The lowest BCUT2D eigenvalue weighted by molar-refractivity contribution is -0.140. The zero-order valence-electron chi connectivity index (χ0n) is 12.6. The molecular formula is C16H20FN3O2. The Hall–Kier alpha value is -1.95. The predicted molar refractivity (Wildman–Crippen MR) is 80.8 cm³/mol. The van der Waals surface area contributed by atoms with Crippen LogP contribution in [-0.2, 0) is 9.53 Å². The summed E-state index contributed by atoms with van der Waals surface area (Å²) >= 11 is 0. The van der Waals surface area contributed by atoms with Crippen LogP contribution in [0.25, 0.3) is 11.0 Å². The van der Waals surface area contributed by atoms with E-state index in [1.807, 2.05) is 0 Å². The van der Waals surface area contributed by atoms with Gasteiger partial charge in [-0.15, -0.1) is 0 Å². The number of hydrogen-bond acceptors (Lipinski definition) is 4. The molecular weight excluding hydrogens is 285 g/mol. The average molecular weight is 305 g/mol. The summed E-state index contributed by atoms with van der Waals surface area (Å²) < 4.78 is 17.9. The smallest absolute Gasteiger partial charge is 0.305 e. The molecule has 1 atom stereocenters. The number of ether oxygens (including phenoxy) is 1. The quantitative estimate of drug-likeness (QED) is 0.863. The van der Waals surface area contributed by atoms with Gasteiger partial charge in [-0.05, 0) is 50.6 Å². The molecule has 1 aromatic heterocycles. The fourth-order valence-corrected chi connectivity index (χ4v) is 3.09. The molecule has 0 spiro atoms. The van der Waals surface area contributed by atoms with Crippen molar-refractivity contribution in [3.05, 3.63) is 29.8 Å². The van der Waals surface area contributed by atoms with Crippen LogP contribution in [0.15, 0.2) is 18.2 Å². The number of nitrogens with one attached hydrogen (secondary N) is 1. The van der Waals surface area contributed by atoms with E-state index in [2.05, 4.69) is 19.6 Å². The summed E-state index contributed by atoms with van der Waals surface area (Å²) in [4.78, 5) is 21.3. The van der Waals surface area contributed by atoms with Gasteiger partial charge in [0, 0.05) is 6.42 Å². The van der Waals surface area contributed by atoms with Crippen LogP contribution in [0.3, 0.4) is 0 Å². The second-order valence-corrected chi connectivity index (χ2v) is 5.66. The van der Waals surface area contributed by atoms with Crippen LogP contribution in [0.4, 0.5) is 4.39 Å². The highest BCUT2D eigenvalue weighted by Gasteiger charge is 2.28. The lowest BCUT2D eigenvalue weighted by atomic mass is 10.2. The topological polar surface area (TPSA) is 58.2 Å². The molecule has 5 nitrogen and oxygen atoms in total. The van der Waals surface area contributed by atoms with Crippen molar-refractivity contribution in [1.82, 2.24) is 14.9 Å². The summed E-state index contributed by atoms with van der Waals surface area (Å²) in [5.74, 6) is 0.454. The summed E-state index contributed by atoms with van der Waals surface area (Å²) in [6.07, 6.45) is 3.35. The molecule has 3 rings (SSSR count). The minimum atomic E-state index is -0.260. The number of benzene rings is 1. The maximum Gasteiger partial charge on any atom is 0.305 e. The van der Waals surface area contributed by atoms with E-state index in [4.69, 9.17) is 0 Å². The van der Waals surface area contributed by atoms with Crippen LogP contribution in [0.1, 0.15) is 37.5 Å². The third-order valence-electron chi connectivity index (χ3n) is 4.20. The van der Waals surface area contributed by atoms with Crippen molar-refractivity contribution in [1.29, 1.82) is 0 Å². The number of halogens is 1. The van der Waals surface area contributed by atoms with Crippen molar-refractivity contribution in [2.75, 3.05) is 20.2 Å². The van der Waals surface area contributed by atoms with Gasteiger partial charge in [0.1, 0.15) is 11.6 Å². The van der Waals surface area contributed by atoms with Crippen molar-refractivity contribution in [3.63, 3.8) is 0 Å². The van der Waals surface area contributed by atoms with Gasteiger partial charge in [0.25, 0.3) is 0 Å². The SMILES string of the molecule is COC(=O)CCCN1CCC[C@@H]1c1nc2ccc(F)cc2[nH]1. The number of carbonyl (C=O) groups excluding carboxylic acids is 1. The Morgan fingerprint density at radius 2 is 2.41 bits per heavy atom. The van der Waals surface area contributed by atoms with Gasteiger partial charge in [-0.2, -0.15) is 0 Å². The van der Waals surface area contributed by atoms with E-state index < -0.39 is 0 Å². The molecule has 0 saturated carbocycles. The Morgan fingerprint density at radius 1 is 1.55 bits per heavy atom. The largest absolute Gasteiger partial charge is 0.469 e. The minimum Gasteiger partial charge on any atom is -0.469 e. The molecule has 1 saturated heterocycles. The molecule has 1 aliphatic heterocycles. The van der Waals surface area contributed by atoms with Crippen molar-refractivity contribution in [2.24, 2.45) is 0 Å². The van der Waals surface area contributed by atoms with Crippen LogP contribution < -0.4 is 0 Å². The average Bonchev–Trinajstić information content (AvgIpc) is 3.12. The summed E-state index contributed by atoms with van der Waals surface area (Å²) in [5, 5.41) is 0. The number of imidazole rings is 1. The number of aromatic amines is 1. The van der Waals surface area contributed by atoms with Crippen LogP contribution >= 0.6 is 0 Å². The Bertz CT molecular complexity index is 670. The van der Waals surface area contributed by atoms with Crippen molar-refractivity contribution < 1.29 is 13.9 Å². The van der Waals surface area contributed by atoms with Crippen LogP contribution in [-0.4, -0.2) is 41.0 Å². The maximum absolute atomic E-state index is 13.3. The maximum atomic E-state index is 13.3. The number of rotatable bonds is 5. The second kappa shape index (κ2) is 6.44. The zero-order chi connectivity index (χ0) is 15.5. The van der Waals surface area contributed by atoms with Crippen LogP contribution in [0.2, 0.25) is 0 Å². The molecule has 0 bridgehead atoms.